The second-order valence-electron chi connectivity index (χ2n) is 12.0. The highest BCUT2D eigenvalue weighted by atomic mass is 16.5. The van der Waals surface area contributed by atoms with Crippen molar-refractivity contribution in [2.75, 3.05) is 26.2 Å². The number of fused-ring (bicyclic) bond motifs is 2. The molecule has 0 radical (unpaired) electrons. The summed E-state index contributed by atoms with van der Waals surface area (Å²) in [5.74, 6) is -2.24. The van der Waals surface area contributed by atoms with Gasteiger partial charge < -0.3 is 24.5 Å². The summed E-state index contributed by atoms with van der Waals surface area (Å²) in [4.78, 5) is 48.5. The van der Waals surface area contributed by atoms with E-state index in [1.165, 1.54) is 0 Å². The van der Waals surface area contributed by atoms with Gasteiger partial charge in [-0.3, -0.25) is 14.4 Å². The van der Waals surface area contributed by atoms with Crippen LogP contribution in [0.1, 0.15) is 52.5 Å². The molecule has 0 aromatic heterocycles. The summed E-state index contributed by atoms with van der Waals surface area (Å²) in [5, 5.41) is 10.7. The van der Waals surface area contributed by atoms with Crippen LogP contribution in [0.2, 0.25) is 0 Å². The van der Waals surface area contributed by atoms with Crippen molar-refractivity contribution >= 4 is 17.7 Å². The Morgan fingerprint density at radius 1 is 0.975 bits per heavy atom. The van der Waals surface area contributed by atoms with Crippen LogP contribution in [0, 0.1) is 11.8 Å². The number of hydrogen-bond acceptors (Lipinski definition) is 5. The molecule has 8 heteroatoms. The van der Waals surface area contributed by atoms with Crippen LogP contribution in [-0.4, -0.2) is 93.1 Å². The number of nitrogens with zero attached hydrogens (tertiary/aromatic N) is 3. The van der Waals surface area contributed by atoms with Crippen LogP contribution < -0.4 is 0 Å². The molecule has 7 atom stereocenters. The molecule has 2 fully saturated rings. The third-order valence-corrected chi connectivity index (χ3v) is 9.26. The summed E-state index contributed by atoms with van der Waals surface area (Å²) >= 11 is 0. The Kier molecular flexibility index (Phi) is 7.94. The van der Waals surface area contributed by atoms with Gasteiger partial charge in [0.2, 0.25) is 17.7 Å². The van der Waals surface area contributed by atoms with Crippen molar-refractivity contribution in [3.8, 4) is 0 Å². The van der Waals surface area contributed by atoms with Crippen molar-refractivity contribution in [3.63, 3.8) is 0 Å². The van der Waals surface area contributed by atoms with E-state index in [-0.39, 0.29) is 30.4 Å². The summed E-state index contributed by atoms with van der Waals surface area (Å²) in [6, 6.07) is 8.04. The smallest absolute Gasteiger partial charge is 0.249 e. The van der Waals surface area contributed by atoms with Gasteiger partial charge in [0.25, 0.3) is 0 Å². The van der Waals surface area contributed by atoms with Crippen molar-refractivity contribution in [1.29, 1.82) is 0 Å². The fourth-order valence-corrected chi connectivity index (χ4v) is 7.50. The summed E-state index contributed by atoms with van der Waals surface area (Å²) in [5.41, 5.74) is -1.39. The Hall–Kier alpha value is -2.97. The van der Waals surface area contributed by atoms with Gasteiger partial charge in [-0.2, -0.15) is 0 Å². The van der Waals surface area contributed by atoms with Crippen molar-refractivity contribution in [2.45, 2.75) is 82.7 Å². The summed E-state index contributed by atoms with van der Waals surface area (Å²) < 4.78 is 6.92. The first-order valence-electron chi connectivity index (χ1n) is 14.8. The fraction of sp³-hybridized carbons (Fsp3) is 0.594. The summed E-state index contributed by atoms with van der Waals surface area (Å²) in [6.07, 6.45) is 10.6. The van der Waals surface area contributed by atoms with Crippen molar-refractivity contribution < 1.29 is 24.2 Å². The molecular weight excluding hydrogens is 506 g/mol. The minimum atomic E-state index is -1.31. The number of benzene rings is 1. The van der Waals surface area contributed by atoms with Crippen LogP contribution in [0.5, 0.6) is 0 Å². The van der Waals surface area contributed by atoms with E-state index in [0.717, 1.165) is 24.8 Å². The minimum Gasteiger partial charge on any atom is -0.394 e. The van der Waals surface area contributed by atoms with Crippen molar-refractivity contribution in [1.82, 2.24) is 14.7 Å². The van der Waals surface area contributed by atoms with Crippen LogP contribution in [-0.2, 0) is 25.5 Å². The largest absolute Gasteiger partial charge is 0.394 e. The van der Waals surface area contributed by atoms with Gasteiger partial charge in [-0.1, -0.05) is 74.9 Å². The average molecular weight is 550 g/mol. The normalized spacial score (nSPS) is 33.0. The second kappa shape index (κ2) is 11.1. The van der Waals surface area contributed by atoms with Gasteiger partial charge in [0.1, 0.15) is 11.6 Å². The van der Waals surface area contributed by atoms with Crippen molar-refractivity contribution in [2.24, 2.45) is 11.8 Å². The molecule has 1 spiro atoms. The van der Waals surface area contributed by atoms with Crippen LogP contribution >= 0.6 is 0 Å². The van der Waals surface area contributed by atoms with E-state index in [0.29, 0.717) is 26.1 Å². The molecule has 4 aliphatic heterocycles. The second-order valence-corrected chi connectivity index (χ2v) is 12.0. The zero-order chi connectivity index (χ0) is 28.7. The Morgan fingerprint density at radius 3 is 2.38 bits per heavy atom. The average Bonchev–Trinajstić information content (AvgIpc) is 3.21. The standard InChI is InChI=1S/C32H43N3O5/c1-5-12-22(3)34-19-11-16-32-26(25-28(37)33(17-6-2)18-10-15-31(25,4)40-32)29(38)35(27(32)30(34)39)24(21-36)20-23-13-8-7-9-14-23/h7-11,13-16,22,24-27,36H,5-6,12,17-21H2,1-4H3/t22?,24-,25+,26+,27?,31-,32+/m1/s1. The zero-order valence-electron chi connectivity index (χ0n) is 24.2. The number of aliphatic hydroxyl groups excluding tert-OH is 1. The monoisotopic (exact) mass is 549 g/mol. The first-order chi connectivity index (χ1) is 19.2. The quantitative estimate of drug-likeness (QED) is 0.479. The lowest BCUT2D eigenvalue weighted by Crippen LogP contribution is -2.60. The topological polar surface area (TPSA) is 90.4 Å². The number of carbonyl (C=O) groups excluding carboxylic acids is 3. The predicted octanol–water partition coefficient (Wildman–Crippen LogP) is 2.96. The molecule has 0 saturated carbocycles. The maximum atomic E-state index is 14.7. The molecule has 0 bridgehead atoms. The van der Waals surface area contributed by atoms with Crippen LogP contribution in [0.25, 0.3) is 0 Å². The Balaban J connectivity index is 1.64. The molecule has 216 valence electrons. The Bertz CT molecular complexity index is 1180. The van der Waals surface area contributed by atoms with Crippen LogP contribution in [0.3, 0.4) is 0 Å². The van der Waals surface area contributed by atoms with Gasteiger partial charge in [0.15, 0.2) is 0 Å². The van der Waals surface area contributed by atoms with E-state index >= 15 is 0 Å². The summed E-state index contributed by atoms with van der Waals surface area (Å²) in [6.45, 7) is 9.18. The van der Waals surface area contributed by atoms with Gasteiger partial charge in [0.05, 0.1) is 30.1 Å². The maximum Gasteiger partial charge on any atom is 0.249 e. The SMILES string of the molecule is CCCC(C)N1CC=C[C@]23O[C@]4(C)C=CCN(CCC)C(=O)[C@@H]4[C@H]2C(=O)N([C@@H](CO)Cc2ccccc2)C3C1=O. The third-order valence-electron chi connectivity index (χ3n) is 9.26. The molecule has 1 aromatic carbocycles. The minimum absolute atomic E-state index is 0.0287. The molecule has 4 aliphatic rings. The highest BCUT2D eigenvalue weighted by Crippen LogP contribution is 2.58. The van der Waals surface area contributed by atoms with E-state index in [2.05, 4.69) is 6.92 Å². The van der Waals surface area contributed by atoms with E-state index in [9.17, 15) is 19.5 Å². The van der Waals surface area contributed by atoms with Crippen LogP contribution in [0.4, 0.5) is 0 Å². The number of likely N-dealkylation sites (tertiary alicyclic amines) is 1. The number of ether oxygens (including phenoxy) is 1. The number of carbonyl (C=O) groups is 3. The maximum absolute atomic E-state index is 14.7. The van der Waals surface area contributed by atoms with E-state index in [1.54, 1.807) is 9.80 Å². The molecular formula is C32H43N3O5. The molecule has 0 aliphatic carbocycles. The van der Waals surface area contributed by atoms with Gasteiger partial charge in [0, 0.05) is 25.7 Å². The molecule has 2 unspecified atom stereocenters. The molecule has 4 heterocycles. The van der Waals surface area contributed by atoms with Gasteiger partial charge in [-0.05, 0) is 38.7 Å². The molecule has 1 aromatic rings. The van der Waals surface area contributed by atoms with Crippen LogP contribution in [0.15, 0.2) is 54.6 Å². The molecule has 8 nitrogen and oxygen atoms in total. The first-order valence-corrected chi connectivity index (χ1v) is 14.8. The van der Waals surface area contributed by atoms with Gasteiger partial charge in [-0.25, -0.2) is 0 Å². The molecule has 1 N–H and O–H groups in total. The predicted molar refractivity (Wildman–Crippen MR) is 152 cm³/mol. The first kappa shape index (κ1) is 28.6. The number of aliphatic hydroxyl groups is 1. The summed E-state index contributed by atoms with van der Waals surface area (Å²) in [7, 11) is 0. The lowest BCUT2D eigenvalue weighted by atomic mass is 9.74. The Morgan fingerprint density at radius 2 is 1.70 bits per heavy atom. The number of amides is 3. The molecule has 2 saturated heterocycles. The van der Waals surface area contributed by atoms with E-state index < -0.39 is 35.1 Å². The lowest BCUT2D eigenvalue weighted by Gasteiger charge is -2.41. The highest BCUT2D eigenvalue weighted by Gasteiger charge is 2.75. The van der Waals surface area contributed by atoms with E-state index in [1.807, 2.05) is 80.3 Å². The fourth-order valence-electron chi connectivity index (χ4n) is 7.50. The van der Waals surface area contributed by atoms with Gasteiger partial charge >= 0.3 is 0 Å². The lowest BCUT2D eigenvalue weighted by molar-refractivity contribution is -0.156. The number of hydrogen-bond donors (Lipinski definition) is 1. The molecule has 3 amide bonds. The molecule has 5 rings (SSSR count). The number of rotatable bonds is 9. The van der Waals surface area contributed by atoms with Crippen molar-refractivity contribution in [3.05, 3.63) is 60.2 Å². The third kappa shape index (κ3) is 4.49. The Labute approximate surface area is 237 Å². The van der Waals surface area contributed by atoms with Gasteiger partial charge in [-0.15, -0.1) is 0 Å². The highest BCUT2D eigenvalue weighted by molar-refractivity contribution is 6.00. The van der Waals surface area contributed by atoms with E-state index in [4.69, 9.17) is 4.74 Å². The molecule has 40 heavy (non-hydrogen) atoms. The zero-order valence-corrected chi connectivity index (χ0v) is 24.2.